The van der Waals surface area contributed by atoms with E-state index < -0.39 is 28.3 Å². The maximum atomic E-state index is 12.8. The molecular weight excluding hydrogens is 414 g/mol. The van der Waals surface area contributed by atoms with E-state index in [1.54, 1.807) is 11.8 Å². The van der Waals surface area contributed by atoms with E-state index in [9.17, 15) is 13.2 Å². The standard InChI is InChI=1S/C20H32ClN3O4S/c1-15(2)5-10-19(22-29(26,27)18-8-6-17(21)7-9-18)16(3)28-20(25)24-13-11-23(4)12-14-24/h6-9,15-16,19,22H,5,10-14H2,1-4H3. The minimum Gasteiger partial charge on any atom is -0.445 e. The number of nitrogens with zero attached hydrogens (tertiary/aromatic N) is 2. The Labute approximate surface area is 179 Å². The molecule has 0 aromatic heterocycles. The SMILES string of the molecule is CC(C)CCC(NS(=O)(=O)c1ccc(Cl)cc1)C(C)OC(=O)N1CCN(C)CC1. The zero-order valence-corrected chi connectivity index (χ0v) is 19.2. The number of carbonyl (C=O) groups excluding carboxylic acids is 1. The fraction of sp³-hybridized carbons (Fsp3) is 0.650. The molecule has 0 spiro atoms. The van der Waals surface area contributed by atoms with Crippen LogP contribution >= 0.6 is 11.6 Å². The Balaban J connectivity index is 2.07. The highest BCUT2D eigenvalue weighted by molar-refractivity contribution is 7.89. The van der Waals surface area contributed by atoms with Crippen molar-refractivity contribution >= 4 is 27.7 Å². The van der Waals surface area contributed by atoms with Crippen molar-refractivity contribution in [1.82, 2.24) is 14.5 Å². The molecule has 0 radical (unpaired) electrons. The number of likely N-dealkylation sites (N-methyl/N-ethyl adjacent to an activating group) is 1. The average Bonchev–Trinajstić information content (AvgIpc) is 2.65. The van der Waals surface area contributed by atoms with Crippen LogP contribution in [0.5, 0.6) is 0 Å². The highest BCUT2D eigenvalue weighted by Crippen LogP contribution is 2.18. The van der Waals surface area contributed by atoms with E-state index in [-0.39, 0.29) is 4.90 Å². The molecule has 9 heteroatoms. The Kier molecular flexibility index (Phi) is 8.75. The van der Waals surface area contributed by atoms with Crippen LogP contribution < -0.4 is 4.72 Å². The number of benzene rings is 1. The lowest BCUT2D eigenvalue weighted by Gasteiger charge is -2.33. The minimum atomic E-state index is -3.76. The molecule has 1 N–H and O–H groups in total. The largest absolute Gasteiger partial charge is 0.445 e. The maximum Gasteiger partial charge on any atom is 0.410 e. The van der Waals surface area contributed by atoms with Crippen molar-refractivity contribution < 1.29 is 17.9 Å². The molecule has 2 atom stereocenters. The number of hydrogen-bond acceptors (Lipinski definition) is 5. The number of rotatable bonds is 8. The molecule has 1 saturated heterocycles. The molecule has 1 aromatic rings. The van der Waals surface area contributed by atoms with E-state index >= 15 is 0 Å². The topological polar surface area (TPSA) is 78.9 Å². The molecule has 1 fully saturated rings. The summed E-state index contributed by atoms with van der Waals surface area (Å²) in [4.78, 5) is 16.5. The van der Waals surface area contributed by atoms with Gasteiger partial charge in [0.25, 0.3) is 0 Å². The van der Waals surface area contributed by atoms with Crippen molar-refractivity contribution in [1.29, 1.82) is 0 Å². The van der Waals surface area contributed by atoms with Gasteiger partial charge in [0.15, 0.2) is 0 Å². The molecule has 0 bridgehead atoms. The highest BCUT2D eigenvalue weighted by atomic mass is 35.5. The third-order valence-electron chi connectivity index (χ3n) is 5.10. The predicted molar refractivity (Wildman–Crippen MR) is 115 cm³/mol. The van der Waals surface area contributed by atoms with Crippen molar-refractivity contribution in [3.05, 3.63) is 29.3 Å². The number of piperazine rings is 1. The van der Waals surface area contributed by atoms with Crippen molar-refractivity contribution in [3.63, 3.8) is 0 Å². The van der Waals surface area contributed by atoms with Gasteiger partial charge in [-0.15, -0.1) is 0 Å². The first-order valence-corrected chi connectivity index (χ1v) is 11.9. The van der Waals surface area contributed by atoms with E-state index in [0.29, 0.717) is 30.5 Å². The fourth-order valence-electron chi connectivity index (χ4n) is 3.09. The summed E-state index contributed by atoms with van der Waals surface area (Å²) in [6.45, 7) is 8.69. The highest BCUT2D eigenvalue weighted by Gasteiger charge is 2.29. The second-order valence-electron chi connectivity index (χ2n) is 8.03. The number of hydrogen-bond donors (Lipinski definition) is 1. The van der Waals surface area contributed by atoms with E-state index in [0.717, 1.165) is 19.5 Å². The van der Waals surface area contributed by atoms with Crippen molar-refractivity contribution in [3.8, 4) is 0 Å². The maximum absolute atomic E-state index is 12.8. The smallest absolute Gasteiger partial charge is 0.410 e. The average molecular weight is 446 g/mol. The monoisotopic (exact) mass is 445 g/mol. The third-order valence-corrected chi connectivity index (χ3v) is 6.86. The van der Waals surface area contributed by atoms with Crippen molar-refractivity contribution in [2.75, 3.05) is 33.2 Å². The van der Waals surface area contributed by atoms with Crippen LogP contribution in [0.25, 0.3) is 0 Å². The molecule has 2 rings (SSSR count). The van der Waals surface area contributed by atoms with Crippen LogP contribution in [0.2, 0.25) is 5.02 Å². The normalized spacial score (nSPS) is 17.9. The van der Waals surface area contributed by atoms with Crippen LogP contribution in [0.3, 0.4) is 0 Å². The summed E-state index contributed by atoms with van der Waals surface area (Å²) in [5.74, 6) is 0.401. The predicted octanol–water partition coefficient (Wildman–Crippen LogP) is 3.20. The van der Waals surface area contributed by atoms with Gasteiger partial charge in [0.1, 0.15) is 6.10 Å². The van der Waals surface area contributed by atoms with Gasteiger partial charge in [-0.05, 0) is 57.0 Å². The molecular formula is C20H32ClN3O4S. The lowest BCUT2D eigenvalue weighted by Crippen LogP contribution is -2.50. The van der Waals surface area contributed by atoms with Gasteiger partial charge in [-0.2, -0.15) is 0 Å². The van der Waals surface area contributed by atoms with Crippen LogP contribution in [-0.2, 0) is 14.8 Å². The summed E-state index contributed by atoms with van der Waals surface area (Å²) >= 11 is 5.86. The van der Waals surface area contributed by atoms with E-state index in [1.165, 1.54) is 24.3 Å². The molecule has 1 aliphatic rings. The number of amides is 1. The van der Waals surface area contributed by atoms with Crippen LogP contribution in [0.15, 0.2) is 29.2 Å². The molecule has 7 nitrogen and oxygen atoms in total. The van der Waals surface area contributed by atoms with Gasteiger partial charge in [-0.3, -0.25) is 0 Å². The molecule has 0 aliphatic carbocycles. The number of carbonyl (C=O) groups is 1. The van der Waals surface area contributed by atoms with E-state index in [2.05, 4.69) is 23.5 Å². The van der Waals surface area contributed by atoms with Gasteiger partial charge in [0.2, 0.25) is 10.0 Å². The van der Waals surface area contributed by atoms with Crippen molar-refractivity contribution in [2.45, 2.75) is 50.7 Å². The summed E-state index contributed by atoms with van der Waals surface area (Å²) in [5.41, 5.74) is 0. The first-order valence-electron chi connectivity index (χ1n) is 10.0. The second-order valence-corrected chi connectivity index (χ2v) is 10.2. The van der Waals surface area contributed by atoms with Crippen LogP contribution in [0.1, 0.15) is 33.6 Å². The van der Waals surface area contributed by atoms with Gasteiger partial charge in [-0.1, -0.05) is 25.4 Å². The summed E-state index contributed by atoms with van der Waals surface area (Å²) in [6, 6.07) is 5.48. The van der Waals surface area contributed by atoms with Crippen LogP contribution in [0.4, 0.5) is 4.79 Å². The molecule has 29 heavy (non-hydrogen) atoms. The number of nitrogens with one attached hydrogen (secondary N) is 1. The van der Waals surface area contributed by atoms with Crippen LogP contribution in [-0.4, -0.2) is 69.7 Å². The molecule has 164 valence electrons. The van der Waals surface area contributed by atoms with Gasteiger partial charge in [0, 0.05) is 31.2 Å². The Hall–Kier alpha value is -1.35. The fourth-order valence-corrected chi connectivity index (χ4v) is 4.55. The zero-order valence-electron chi connectivity index (χ0n) is 17.6. The van der Waals surface area contributed by atoms with Gasteiger partial charge < -0.3 is 14.5 Å². The van der Waals surface area contributed by atoms with E-state index in [4.69, 9.17) is 16.3 Å². The molecule has 0 saturated carbocycles. The Morgan fingerprint density at radius 3 is 2.24 bits per heavy atom. The second kappa shape index (κ2) is 10.6. The number of ether oxygens (including phenoxy) is 1. The number of sulfonamides is 1. The van der Waals surface area contributed by atoms with Gasteiger partial charge >= 0.3 is 6.09 Å². The summed E-state index contributed by atoms with van der Waals surface area (Å²) in [6.07, 6.45) is 0.389. The summed E-state index contributed by atoms with van der Waals surface area (Å²) in [7, 11) is -1.74. The number of halogens is 1. The van der Waals surface area contributed by atoms with Crippen LogP contribution in [0, 0.1) is 5.92 Å². The van der Waals surface area contributed by atoms with E-state index in [1.807, 2.05) is 7.05 Å². The quantitative estimate of drug-likeness (QED) is 0.664. The molecule has 1 aromatic carbocycles. The Morgan fingerprint density at radius 1 is 1.10 bits per heavy atom. The molecule has 1 aliphatic heterocycles. The van der Waals surface area contributed by atoms with Gasteiger partial charge in [0.05, 0.1) is 10.9 Å². The first kappa shape index (κ1) is 23.9. The minimum absolute atomic E-state index is 0.133. The zero-order chi connectivity index (χ0) is 21.6. The summed E-state index contributed by atoms with van der Waals surface area (Å²) in [5, 5.41) is 0.467. The van der Waals surface area contributed by atoms with Crippen molar-refractivity contribution in [2.24, 2.45) is 5.92 Å². The molecule has 2 unspecified atom stereocenters. The molecule has 1 amide bonds. The lowest BCUT2D eigenvalue weighted by molar-refractivity contribution is 0.0426. The Bertz CT molecular complexity index is 762. The third kappa shape index (κ3) is 7.44. The van der Waals surface area contributed by atoms with Gasteiger partial charge in [-0.25, -0.2) is 17.9 Å². The Morgan fingerprint density at radius 2 is 1.69 bits per heavy atom. The molecule has 1 heterocycles. The summed E-state index contributed by atoms with van der Waals surface area (Å²) < 4.78 is 34.0. The lowest BCUT2D eigenvalue weighted by atomic mass is 10.0. The first-order chi connectivity index (χ1) is 13.6.